The summed E-state index contributed by atoms with van der Waals surface area (Å²) in [6.45, 7) is 8.74. The van der Waals surface area contributed by atoms with E-state index in [0.717, 1.165) is 0 Å². The van der Waals surface area contributed by atoms with E-state index >= 15 is 0 Å². The van der Waals surface area contributed by atoms with Crippen LogP contribution < -0.4 is 16.0 Å². The lowest BCUT2D eigenvalue weighted by Gasteiger charge is -2.21. The molecule has 0 bridgehead atoms. The lowest BCUT2D eigenvalue weighted by atomic mass is 9.95. The first kappa shape index (κ1) is 18.7. The molecule has 3 N–H and O–H groups in total. The van der Waals surface area contributed by atoms with Crippen molar-refractivity contribution in [2.45, 2.75) is 47.1 Å². The molecule has 0 spiro atoms. The monoisotopic (exact) mass is 319 g/mol. The molecule has 3 amide bonds. The number of amides is 3. The van der Waals surface area contributed by atoms with Crippen LogP contribution in [0.15, 0.2) is 24.3 Å². The molecule has 1 rings (SSSR count). The van der Waals surface area contributed by atoms with Crippen LogP contribution in [0.4, 0.5) is 11.4 Å². The number of anilines is 2. The zero-order valence-electron chi connectivity index (χ0n) is 14.3. The third-order valence-electron chi connectivity index (χ3n) is 3.16. The van der Waals surface area contributed by atoms with Gasteiger partial charge in [0.1, 0.15) is 6.04 Å². The summed E-state index contributed by atoms with van der Waals surface area (Å²) in [6.07, 6.45) is 0.381. The molecule has 6 heteroatoms. The first-order chi connectivity index (χ1) is 10.6. The molecule has 0 saturated heterocycles. The third-order valence-corrected chi connectivity index (χ3v) is 3.16. The van der Waals surface area contributed by atoms with Gasteiger partial charge in [-0.2, -0.15) is 0 Å². The van der Waals surface area contributed by atoms with Crippen LogP contribution in [0.2, 0.25) is 0 Å². The van der Waals surface area contributed by atoms with Gasteiger partial charge in [-0.05, 0) is 25.1 Å². The van der Waals surface area contributed by atoms with Gasteiger partial charge in [0.2, 0.25) is 17.7 Å². The number of rotatable bonds is 5. The van der Waals surface area contributed by atoms with Crippen LogP contribution in [-0.2, 0) is 14.4 Å². The molecule has 0 aliphatic heterocycles. The van der Waals surface area contributed by atoms with Crippen LogP contribution in [0, 0.1) is 5.41 Å². The van der Waals surface area contributed by atoms with Gasteiger partial charge in [-0.15, -0.1) is 0 Å². The van der Waals surface area contributed by atoms with Crippen LogP contribution in [-0.4, -0.2) is 23.8 Å². The number of nitrogens with one attached hydrogen (secondary N) is 3. The summed E-state index contributed by atoms with van der Waals surface area (Å²) in [6, 6.07) is 6.21. The number of carbonyl (C=O) groups excluding carboxylic acids is 3. The lowest BCUT2D eigenvalue weighted by molar-refractivity contribution is -0.131. The third kappa shape index (κ3) is 6.10. The van der Waals surface area contributed by atoms with Gasteiger partial charge in [-0.1, -0.05) is 33.8 Å². The maximum atomic E-state index is 12.2. The van der Waals surface area contributed by atoms with Crippen molar-refractivity contribution >= 4 is 29.1 Å². The minimum atomic E-state index is -0.657. The van der Waals surface area contributed by atoms with Crippen LogP contribution in [0.25, 0.3) is 0 Å². The Bertz CT molecular complexity index is 591. The highest BCUT2D eigenvalue weighted by molar-refractivity contribution is 5.98. The maximum absolute atomic E-state index is 12.2. The van der Waals surface area contributed by atoms with E-state index < -0.39 is 11.5 Å². The first-order valence-electron chi connectivity index (χ1n) is 7.65. The number of carbonyl (C=O) groups is 3. The summed E-state index contributed by atoms with van der Waals surface area (Å²) in [5.41, 5.74) is 0.612. The molecule has 6 nitrogen and oxygen atoms in total. The molecule has 1 aromatic carbocycles. The average molecular weight is 319 g/mol. The van der Waals surface area contributed by atoms with Crippen molar-refractivity contribution < 1.29 is 14.4 Å². The molecule has 0 aliphatic carbocycles. The van der Waals surface area contributed by atoms with E-state index in [0.29, 0.717) is 17.8 Å². The SMILES string of the molecule is CCC(=O)Nc1cccc(NC(=O)[C@@H](C)NC(=O)C(C)(C)C)c1. The zero-order valence-corrected chi connectivity index (χ0v) is 14.3. The average Bonchev–Trinajstić information content (AvgIpc) is 2.46. The van der Waals surface area contributed by atoms with Gasteiger partial charge in [-0.25, -0.2) is 0 Å². The molecule has 1 atom stereocenters. The molecule has 0 unspecified atom stereocenters. The van der Waals surface area contributed by atoms with Crippen LogP contribution >= 0.6 is 0 Å². The molecule has 0 aliphatic rings. The standard InChI is InChI=1S/C17H25N3O3/c1-6-14(21)19-12-8-7-9-13(10-12)20-15(22)11(2)18-16(23)17(3,4)5/h7-11H,6H2,1-5H3,(H,18,23)(H,19,21)(H,20,22)/t11-/m1/s1. The number of benzene rings is 1. The quantitative estimate of drug-likeness (QED) is 0.779. The molecule has 1 aromatic rings. The highest BCUT2D eigenvalue weighted by atomic mass is 16.2. The summed E-state index contributed by atoms with van der Waals surface area (Å²) in [7, 11) is 0. The second-order valence-corrected chi connectivity index (χ2v) is 6.42. The normalized spacial score (nSPS) is 12.2. The van der Waals surface area contributed by atoms with Crippen LogP contribution in [0.3, 0.4) is 0 Å². The Hall–Kier alpha value is -2.37. The summed E-state index contributed by atoms with van der Waals surface area (Å²) in [5.74, 6) is -0.607. The number of hydrogen-bond donors (Lipinski definition) is 3. The Labute approximate surface area is 137 Å². The Balaban J connectivity index is 2.68. The predicted molar refractivity (Wildman–Crippen MR) is 91.1 cm³/mol. The van der Waals surface area contributed by atoms with E-state index in [4.69, 9.17) is 0 Å². The van der Waals surface area contributed by atoms with Crippen molar-refractivity contribution in [3.63, 3.8) is 0 Å². The highest BCUT2D eigenvalue weighted by Gasteiger charge is 2.25. The molecular weight excluding hydrogens is 294 g/mol. The Morgan fingerprint density at radius 3 is 2.17 bits per heavy atom. The van der Waals surface area contributed by atoms with Crippen molar-refractivity contribution in [1.82, 2.24) is 5.32 Å². The van der Waals surface area contributed by atoms with Crippen molar-refractivity contribution in [3.8, 4) is 0 Å². The minimum absolute atomic E-state index is 0.0979. The van der Waals surface area contributed by atoms with Gasteiger partial charge >= 0.3 is 0 Å². The molecular formula is C17H25N3O3. The smallest absolute Gasteiger partial charge is 0.246 e. The minimum Gasteiger partial charge on any atom is -0.344 e. The molecule has 0 saturated carbocycles. The van der Waals surface area contributed by atoms with E-state index in [9.17, 15) is 14.4 Å². The Morgan fingerprint density at radius 1 is 1.09 bits per heavy atom. The molecule has 0 radical (unpaired) electrons. The summed E-state index contributed by atoms with van der Waals surface area (Å²) < 4.78 is 0. The second kappa shape index (κ2) is 7.76. The highest BCUT2D eigenvalue weighted by Crippen LogP contribution is 2.16. The van der Waals surface area contributed by atoms with E-state index in [1.54, 1.807) is 58.9 Å². The van der Waals surface area contributed by atoms with Gasteiger partial charge in [-0.3, -0.25) is 14.4 Å². The Morgan fingerprint density at radius 2 is 1.65 bits per heavy atom. The number of hydrogen-bond acceptors (Lipinski definition) is 3. The molecule has 0 fully saturated rings. The van der Waals surface area contributed by atoms with Crippen molar-refractivity contribution in [2.24, 2.45) is 5.41 Å². The molecule has 23 heavy (non-hydrogen) atoms. The summed E-state index contributed by atoms with van der Waals surface area (Å²) in [5, 5.41) is 8.13. The fourth-order valence-electron chi connectivity index (χ4n) is 1.65. The van der Waals surface area contributed by atoms with Gasteiger partial charge < -0.3 is 16.0 Å². The van der Waals surface area contributed by atoms with Crippen molar-refractivity contribution in [2.75, 3.05) is 10.6 Å². The molecule has 126 valence electrons. The van der Waals surface area contributed by atoms with Crippen LogP contribution in [0.1, 0.15) is 41.0 Å². The predicted octanol–water partition coefficient (Wildman–Crippen LogP) is 2.52. The van der Waals surface area contributed by atoms with E-state index in [-0.39, 0.29) is 17.7 Å². The van der Waals surface area contributed by atoms with Gasteiger partial charge in [0, 0.05) is 23.2 Å². The Kier molecular flexibility index (Phi) is 6.30. The largest absolute Gasteiger partial charge is 0.344 e. The fourth-order valence-corrected chi connectivity index (χ4v) is 1.65. The van der Waals surface area contributed by atoms with E-state index in [1.165, 1.54) is 0 Å². The summed E-state index contributed by atoms with van der Waals surface area (Å²) >= 11 is 0. The van der Waals surface area contributed by atoms with Gasteiger partial charge in [0.25, 0.3) is 0 Å². The second-order valence-electron chi connectivity index (χ2n) is 6.42. The zero-order chi connectivity index (χ0) is 17.6. The maximum Gasteiger partial charge on any atom is 0.246 e. The van der Waals surface area contributed by atoms with Crippen LogP contribution in [0.5, 0.6) is 0 Å². The van der Waals surface area contributed by atoms with Crippen molar-refractivity contribution in [3.05, 3.63) is 24.3 Å². The fraction of sp³-hybridized carbons (Fsp3) is 0.471. The first-order valence-corrected chi connectivity index (χ1v) is 7.65. The topological polar surface area (TPSA) is 87.3 Å². The van der Waals surface area contributed by atoms with E-state index in [2.05, 4.69) is 16.0 Å². The summed E-state index contributed by atoms with van der Waals surface area (Å²) in [4.78, 5) is 35.4. The lowest BCUT2D eigenvalue weighted by Crippen LogP contribution is -2.46. The van der Waals surface area contributed by atoms with E-state index in [1.807, 2.05) is 0 Å². The van der Waals surface area contributed by atoms with Crippen molar-refractivity contribution in [1.29, 1.82) is 0 Å². The molecule has 0 heterocycles. The van der Waals surface area contributed by atoms with Gasteiger partial charge in [0.15, 0.2) is 0 Å². The van der Waals surface area contributed by atoms with Gasteiger partial charge in [0.05, 0.1) is 0 Å². The molecule has 0 aromatic heterocycles.